The molecule has 2 aromatic rings. The van der Waals surface area contributed by atoms with Crippen molar-refractivity contribution in [2.75, 3.05) is 6.61 Å². The van der Waals surface area contributed by atoms with Gasteiger partial charge in [-0.3, -0.25) is 0 Å². The van der Waals surface area contributed by atoms with E-state index in [1.54, 1.807) is 0 Å². The Kier molecular flexibility index (Phi) is 3.17. The van der Waals surface area contributed by atoms with Gasteiger partial charge in [-0.2, -0.15) is 0 Å². The van der Waals surface area contributed by atoms with E-state index >= 15 is 0 Å². The SMILES string of the molecule is Cn1c(C(C)(C)C)nc2ccc(C(N)CO)cc21. The summed E-state index contributed by atoms with van der Waals surface area (Å²) in [6, 6.07) is 5.58. The molecule has 0 spiro atoms. The van der Waals surface area contributed by atoms with E-state index in [4.69, 9.17) is 10.8 Å². The molecule has 0 aliphatic rings. The predicted octanol–water partition coefficient (Wildman–Crippen LogP) is 1.86. The van der Waals surface area contributed by atoms with Crippen molar-refractivity contribution in [3.63, 3.8) is 0 Å². The van der Waals surface area contributed by atoms with Crippen LogP contribution in [0.4, 0.5) is 0 Å². The molecule has 18 heavy (non-hydrogen) atoms. The fourth-order valence-electron chi connectivity index (χ4n) is 2.21. The minimum atomic E-state index is -0.331. The van der Waals surface area contributed by atoms with Gasteiger partial charge in [0.2, 0.25) is 0 Å². The largest absolute Gasteiger partial charge is 0.394 e. The standard InChI is InChI=1S/C14H21N3O/c1-14(2,3)13-16-11-6-5-9(10(15)8-18)7-12(11)17(13)4/h5-7,10,18H,8,15H2,1-4H3. The Morgan fingerprint density at radius 3 is 2.61 bits per heavy atom. The average Bonchev–Trinajstić information content (AvgIpc) is 2.65. The lowest BCUT2D eigenvalue weighted by atomic mass is 9.96. The number of fused-ring (bicyclic) bond motifs is 1. The van der Waals surface area contributed by atoms with Crippen LogP contribution in [0.15, 0.2) is 18.2 Å². The Hall–Kier alpha value is -1.39. The number of rotatable bonds is 2. The van der Waals surface area contributed by atoms with Gasteiger partial charge in [-0.25, -0.2) is 4.98 Å². The van der Waals surface area contributed by atoms with Crippen molar-refractivity contribution in [3.8, 4) is 0 Å². The summed E-state index contributed by atoms with van der Waals surface area (Å²) in [4.78, 5) is 4.67. The van der Waals surface area contributed by atoms with Crippen molar-refractivity contribution in [1.82, 2.24) is 9.55 Å². The van der Waals surface area contributed by atoms with Crippen molar-refractivity contribution in [2.45, 2.75) is 32.2 Å². The number of nitrogens with two attached hydrogens (primary N) is 1. The number of hydrogen-bond donors (Lipinski definition) is 2. The molecule has 2 rings (SSSR count). The van der Waals surface area contributed by atoms with E-state index in [0.29, 0.717) is 0 Å². The molecule has 0 radical (unpaired) electrons. The molecule has 0 aliphatic heterocycles. The van der Waals surface area contributed by atoms with Crippen LogP contribution in [-0.4, -0.2) is 21.3 Å². The van der Waals surface area contributed by atoms with Gasteiger partial charge in [0.25, 0.3) is 0 Å². The summed E-state index contributed by atoms with van der Waals surface area (Å²) >= 11 is 0. The Labute approximate surface area is 107 Å². The molecule has 0 saturated heterocycles. The Bertz CT molecular complexity index is 566. The maximum Gasteiger partial charge on any atom is 0.115 e. The summed E-state index contributed by atoms with van der Waals surface area (Å²) in [7, 11) is 2.02. The fourth-order valence-corrected chi connectivity index (χ4v) is 2.21. The molecule has 1 aromatic carbocycles. The third-order valence-electron chi connectivity index (χ3n) is 3.20. The zero-order valence-corrected chi connectivity index (χ0v) is 11.4. The highest BCUT2D eigenvalue weighted by Crippen LogP contribution is 2.26. The highest BCUT2D eigenvalue weighted by Gasteiger charge is 2.21. The van der Waals surface area contributed by atoms with Gasteiger partial charge < -0.3 is 15.4 Å². The van der Waals surface area contributed by atoms with Gasteiger partial charge in [0, 0.05) is 12.5 Å². The number of hydrogen-bond acceptors (Lipinski definition) is 3. The van der Waals surface area contributed by atoms with Gasteiger partial charge >= 0.3 is 0 Å². The molecule has 4 nitrogen and oxygen atoms in total. The molecule has 4 heteroatoms. The van der Waals surface area contributed by atoms with E-state index in [9.17, 15) is 0 Å². The first kappa shape index (κ1) is 13.1. The first-order valence-electron chi connectivity index (χ1n) is 6.18. The third-order valence-corrected chi connectivity index (χ3v) is 3.20. The molecular weight excluding hydrogens is 226 g/mol. The Balaban J connectivity index is 2.60. The van der Waals surface area contributed by atoms with Crippen LogP contribution in [0.1, 0.15) is 38.2 Å². The van der Waals surface area contributed by atoms with Gasteiger partial charge in [0.1, 0.15) is 5.82 Å². The lowest BCUT2D eigenvalue weighted by molar-refractivity contribution is 0.268. The number of benzene rings is 1. The number of imidazole rings is 1. The number of aryl methyl sites for hydroxylation is 1. The second-order valence-electron chi connectivity index (χ2n) is 5.78. The number of aliphatic hydroxyl groups is 1. The van der Waals surface area contributed by atoms with Crippen LogP contribution < -0.4 is 5.73 Å². The molecule has 0 fully saturated rings. The number of nitrogens with zero attached hydrogens (tertiary/aromatic N) is 2. The zero-order valence-electron chi connectivity index (χ0n) is 11.4. The van der Waals surface area contributed by atoms with Crippen LogP contribution in [-0.2, 0) is 12.5 Å². The van der Waals surface area contributed by atoms with Crippen molar-refractivity contribution in [2.24, 2.45) is 12.8 Å². The smallest absolute Gasteiger partial charge is 0.115 e. The van der Waals surface area contributed by atoms with Gasteiger partial charge in [0.05, 0.1) is 23.7 Å². The molecule has 0 aliphatic carbocycles. The second kappa shape index (κ2) is 4.37. The maximum absolute atomic E-state index is 9.12. The summed E-state index contributed by atoms with van der Waals surface area (Å²) in [6.45, 7) is 6.40. The number of aromatic nitrogens is 2. The van der Waals surface area contributed by atoms with Crippen LogP contribution in [0.5, 0.6) is 0 Å². The average molecular weight is 247 g/mol. The lowest BCUT2D eigenvalue weighted by Gasteiger charge is -2.17. The number of aliphatic hydroxyl groups excluding tert-OH is 1. The normalized spacial score (nSPS) is 14.1. The van der Waals surface area contributed by atoms with Gasteiger partial charge in [0.15, 0.2) is 0 Å². The minimum absolute atomic E-state index is 0.00697. The summed E-state index contributed by atoms with van der Waals surface area (Å²) in [6.07, 6.45) is 0. The van der Waals surface area contributed by atoms with Crippen molar-refractivity contribution >= 4 is 11.0 Å². The predicted molar refractivity (Wildman–Crippen MR) is 73.4 cm³/mol. The minimum Gasteiger partial charge on any atom is -0.394 e. The highest BCUT2D eigenvalue weighted by atomic mass is 16.3. The van der Waals surface area contributed by atoms with Crippen molar-refractivity contribution in [1.29, 1.82) is 0 Å². The fraction of sp³-hybridized carbons (Fsp3) is 0.500. The van der Waals surface area contributed by atoms with Crippen molar-refractivity contribution < 1.29 is 5.11 Å². The van der Waals surface area contributed by atoms with Crippen LogP contribution in [0, 0.1) is 0 Å². The molecule has 1 aromatic heterocycles. The first-order chi connectivity index (χ1) is 8.34. The van der Waals surface area contributed by atoms with Gasteiger partial charge in [-0.05, 0) is 17.7 Å². The highest BCUT2D eigenvalue weighted by molar-refractivity contribution is 5.77. The molecule has 1 atom stereocenters. The van der Waals surface area contributed by atoms with E-state index < -0.39 is 0 Å². The molecule has 98 valence electrons. The van der Waals surface area contributed by atoms with E-state index in [-0.39, 0.29) is 18.1 Å². The molecule has 0 bridgehead atoms. The third kappa shape index (κ3) is 2.13. The molecule has 3 N–H and O–H groups in total. The van der Waals surface area contributed by atoms with Gasteiger partial charge in [-0.1, -0.05) is 26.8 Å². The maximum atomic E-state index is 9.12. The van der Waals surface area contributed by atoms with E-state index in [0.717, 1.165) is 22.4 Å². The van der Waals surface area contributed by atoms with Crippen LogP contribution in [0.25, 0.3) is 11.0 Å². The topological polar surface area (TPSA) is 64.1 Å². The monoisotopic (exact) mass is 247 g/mol. The van der Waals surface area contributed by atoms with E-state index in [2.05, 4.69) is 30.3 Å². The first-order valence-corrected chi connectivity index (χ1v) is 6.18. The van der Waals surface area contributed by atoms with Crippen LogP contribution in [0.3, 0.4) is 0 Å². The van der Waals surface area contributed by atoms with Crippen LogP contribution in [0.2, 0.25) is 0 Å². The van der Waals surface area contributed by atoms with E-state index in [1.165, 1.54) is 0 Å². The zero-order chi connectivity index (χ0) is 13.5. The quantitative estimate of drug-likeness (QED) is 0.851. The summed E-state index contributed by atoms with van der Waals surface area (Å²) in [5.74, 6) is 1.05. The van der Waals surface area contributed by atoms with Gasteiger partial charge in [-0.15, -0.1) is 0 Å². The molecule has 1 unspecified atom stereocenters. The molecule has 0 amide bonds. The molecular formula is C14H21N3O. The Morgan fingerprint density at radius 1 is 1.39 bits per heavy atom. The lowest BCUT2D eigenvalue weighted by Crippen LogP contribution is -2.17. The van der Waals surface area contributed by atoms with Crippen LogP contribution >= 0.6 is 0 Å². The Morgan fingerprint density at radius 2 is 2.06 bits per heavy atom. The van der Waals surface area contributed by atoms with E-state index in [1.807, 2.05) is 25.2 Å². The summed E-state index contributed by atoms with van der Waals surface area (Å²) in [5, 5.41) is 9.12. The molecule has 1 heterocycles. The second-order valence-corrected chi connectivity index (χ2v) is 5.78. The molecule has 0 saturated carbocycles. The van der Waals surface area contributed by atoms with Crippen molar-refractivity contribution in [3.05, 3.63) is 29.6 Å². The summed E-state index contributed by atoms with van der Waals surface area (Å²) < 4.78 is 2.10. The summed E-state index contributed by atoms with van der Waals surface area (Å²) in [5.41, 5.74) is 8.82.